The smallest absolute Gasteiger partial charge is 0.219 e. The van der Waals surface area contributed by atoms with Crippen molar-refractivity contribution in [3.8, 4) is 0 Å². The Balaban J connectivity index is 1.82. The van der Waals surface area contributed by atoms with Crippen molar-refractivity contribution in [3.05, 3.63) is 12.4 Å². The van der Waals surface area contributed by atoms with Gasteiger partial charge in [-0.25, -0.2) is 9.97 Å². The van der Waals surface area contributed by atoms with Gasteiger partial charge in [0.1, 0.15) is 18.0 Å². The van der Waals surface area contributed by atoms with Crippen LogP contribution in [-0.2, 0) is 4.79 Å². The van der Waals surface area contributed by atoms with E-state index in [4.69, 9.17) is 0 Å². The molecular formula is C16H27N5O. The minimum absolute atomic E-state index is 0.143. The highest BCUT2D eigenvalue weighted by Crippen LogP contribution is 2.25. The molecule has 6 nitrogen and oxygen atoms in total. The first-order valence-corrected chi connectivity index (χ1v) is 8.24. The normalized spacial score (nSPS) is 15.6. The van der Waals surface area contributed by atoms with E-state index in [-0.39, 0.29) is 5.91 Å². The fraction of sp³-hybridized carbons (Fsp3) is 0.688. The molecule has 0 unspecified atom stereocenters. The van der Waals surface area contributed by atoms with Gasteiger partial charge in [-0.15, -0.1) is 0 Å². The van der Waals surface area contributed by atoms with Crippen LogP contribution in [0.3, 0.4) is 0 Å². The largest absolute Gasteiger partial charge is 0.370 e. The summed E-state index contributed by atoms with van der Waals surface area (Å²) in [5, 5.41) is 5.99. The molecule has 1 amide bonds. The SMILES string of the molecule is CCCNc1cc(N2CCC(CCC(=O)NC)CC2)ncn1. The minimum atomic E-state index is 0.143. The van der Waals surface area contributed by atoms with E-state index < -0.39 is 0 Å². The van der Waals surface area contributed by atoms with Crippen LogP contribution in [0.4, 0.5) is 11.6 Å². The molecule has 6 heteroatoms. The molecule has 0 saturated carbocycles. The van der Waals surface area contributed by atoms with Gasteiger partial charge in [0.15, 0.2) is 0 Å². The number of nitrogens with one attached hydrogen (secondary N) is 2. The summed E-state index contributed by atoms with van der Waals surface area (Å²) in [6.45, 7) is 5.07. The predicted octanol–water partition coefficient (Wildman–Crippen LogP) is 2.04. The van der Waals surface area contributed by atoms with Gasteiger partial charge in [0.25, 0.3) is 0 Å². The van der Waals surface area contributed by atoms with Crippen molar-refractivity contribution in [1.29, 1.82) is 0 Å². The first kappa shape index (κ1) is 16.5. The molecule has 1 aromatic rings. The van der Waals surface area contributed by atoms with Gasteiger partial charge in [-0.1, -0.05) is 6.92 Å². The summed E-state index contributed by atoms with van der Waals surface area (Å²) in [5.41, 5.74) is 0. The highest BCUT2D eigenvalue weighted by atomic mass is 16.1. The number of amides is 1. The maximum atomic E-state index is 11.3. The zero-order chi connectivity index (χ0) is 15.8. The maximum Gasteiger partial charge on any atom is 0.219 e. The summed E-state index contributed by atoms with van der Waals surface area (Å²) in [6.07, 6.45) is 6.58. The van der Waals surface area contributed by atoms with Crippen LogP contribution in [0, 0.1) is 5.92 Å². The van der Waals surface area contributed by atoms with E-state index in [1.807, 2.05) is 6.07 Å². The molecule has 2 rings (SSSR count). The lowest BCUT2D eigenvalue weighted by atomic mass is 9.92. The molecule has 1 aliphatic heterocycles. The fourth-order valence-corrected chi connectivity index (χ4v) is 2.78. The molecule has 22 heavy (non-hydrogen) atoms. The number of piperidine rings is 1. The Bertz CT molecular complexity index is 471. The fourth-order valence-electron chi connectivity index (χ4n) is 2.78. The van der Waals surface area contributed by atoms with Gasteiger partial charge >= 0.3 is 0 Å². The van der Waals surface area contributed by atoms with Crippen LogP contribution < -0.4 is 15.5 Å². The predicted molar refractivity (Wildman–Crippen MR) is 89.1 cm³/mol. The average molecular weight is 305 g/mol. The summed E-state index contributed by atoms with van der Waals surface area (Å²) in [5.74, 6) is 2.69. The molecule has 2 heterocycles. The Morgan fingerprint density at radius 1 is 1.36 bits per heavy atom. The van der Waals surface area contributed by atoms with Crippen LogP contribution in [0.2, 0.25) is 0 Å². The van der Waals surface area contributed by atoms with Gasteiger partial charge in [0.2, 0.25) is 5.91 Å². The number of hydrogen-bond acceptors (Lipinski definition) is 5. The molecule has 2 N–H and O–H groups in total. The number of anilines is 2. The van der Waals surface area contributed by atoms with Crippen molar-refractivity contribution in [2.24, 2.45) is 5.92 Å². The molecule has 1 aliphatic rings. The monoisotopic (exact) mass is 305 g/mol. The van der Waals surface area contributed by atoms with Crippen LogP contribution >= 0.6 is 0 Å². The Labute approximate surface area is 132 Å². The first-order valence-electron chi connectivity index (χ1n) is 8.24. The number of aromatic nitrogens is 2. The minimum Gasteiger partial charge on any atom is -0.370 e. The number of carbonyl (C=O) groups is 1. The lowest BCUT2D eigenvalue weighted by Crippen LogP contribution is -2.34. The quantitative estimate of drug-likeness (QED) is 0.807. The highest BCUT2D eigenvalue weighted by molar-refractivity contribution is 5.75. The van der Waals surface area contributed by atoms with Crippen molar-refractivity contribution in [2.45, 2.75) is 39.0 Å². The summed E-state index contributed by atoms with van der Waals surface area (Å²) in [4.78, 5) is 22.3. The maximum absolute atomic E-state index is 11.3. The molecule has 1 saturated heterocycles. The van der Waals surface area contributed by atoms with E-state index in [1.54, 1.807) is 13.4 Å². The van der Waals surface area contributed by atoms with Crippen LogP contribution in [0.5, 0.6) is 0 Å². The average Bonchev–Trinajstić information content (AvgIpc) is 2.58. The molecule has 0 atom stereocenters. The molecule has 0 aromatic carbocycles. The lowest BCUT2D eigenvalue weighted by Gasteiger charge is -2.32. The summed E-state index contributed by atoms with van der Waals surface area (Å²) >= 11 is 0. The zero-order valence-corrected chi connectivity index (χ0v) is 13.6. The van der Waals surface area contributed by atoms with Crippen molar-refractivity contribution in [2.75, 3.05) is 36.9 Å². The number of nitrogens with zero attached hydrogens (tertiary/aromatic N) is 3. The summed E-state index contributed by atoms with van der Waals surface area (Å²) in [7, 11) is 1.70. The van der Waals surface area contributed by atoms with Gasteiger partial charge in [-0.3, -0.25) is 4.79 Å². The molecule has 1 aromatic heterocycles. The number of carbonyl (C=O) groups excluding carboxylic acids is 1. The molecule has 0 bridgehead atoms. The van der Waals surface area contributed by atoms with E-state index >= 15 is 0 Å². The third-order valence-electron chi connectivity index (χ3n) is 4.21. The first-order chi connectivity index (χ1) is 10.7. The van der Waals surface area contributed by atoms with Gasteiger partial charge < -0.3 is 15.5 Å². The molecule has 122 valence electrons. The molecular weight excluding hydrogens is 278 g/mol. The number of hydrogen-bond donors (Lipinski definition) is 2. The Morgan fingerprint density at radius 3 is 2.82 bits per heavy atom. The van der Waals surface area contributed by atoms with Crippen molar-refractivity contribution in [1.82, 2.24) is 15.3 Å². The summed E-state index contributed by atoms with van der Waals surface area (Å²) in [6, 6.07) is 2.03. The van der Waals surface area contributed by atoms with E-state index in [1.165, 1.54) is 0 Å². The van der Waals surface area contributed by atoms with Crippen molar-refractivity contribution in [3.63, 3.8) is 0 Å². The van der Waals surface area contributed by atoms with Crippen LogP contribution in [-0.4, -0.2) is 42.6 Å². The second kappa shape index (κ2) is 8.56. The van der Waals surface area contributed by atoms with Crippen LogP contribution in [0.1, 0.15) is 39.0 Å². The second-order valence-electron chi connectivity index (χ2n) is 5.83. The van der Waals surface area contributed by atoms with E-state index in [9.17, 15) is 4.79 Å². The van der Waals surface area contributed by atoms with Gasteiger partial charge in [-0.2, -0.15) is 0 Å². The summed E-state index contributed by atoms with van der Waals surface area (Å²) < 4.78 is 0. The van der Waals surface area contributed by atoms with Crippen molar-refractivity contribution >= 4 is 17.5 Å². The third-order valence-corrected chi connectivity index (χ3v) is 4.21. The van der Waals surface area contributed by atoms with E-state index in [0.717, 1.165) is 57.0 Å². The van der Waals surface area contributed by atoms with Crippen molar-refractivity contribution < 1.29 is 4.79 Å². The van der Waals surface area contributed by atoms with Crippen LogP contribution in [0.15, 0.2) is 12.4 Å². The third kappa shape index (κ3) is 4.86. The Hall–Kier alpha value is -1.85. The Kier molecular flexibility index (Phi) is 6.43. The van der Waals surface area contributed by atoms with E-state index in [0.29, 0.717) is 12.3 Å². The van der Waals surface area contributed by atoms with Gasteiger partial charge in [-0.05, 0) is 31.6 Å². The molecule has 1 fully saturated rings. The van der Waals surface area contributed by atoms with E-state index in [2.05, 4.69) is 32.4 Å². The zero-order valence-electron chi connectivity index (χ0n) is 13.6. The molecule has 0 aliphatic carbocycles. The topological polar surface area (TPSA) is 70.2 Å². The number of rotatable bonds is 7. The lowest BCUT2D eigenvalue weighted by molar-refractivity contribution is -0.120. The van der Waals surface area contributed by atoms with Crippen LogP contribution in [0.25, 0.3) is 0 Å². The van der Waals surface area contributed by atoms with Gasteiger partial charge in [0.05, 0.1) is 0 Å². The highest BCUT2D eigenvalue weighted by Gasteiger charge is 2.20. The van der Waals surface area contributed by atoms with Gasteiger partial charge in [0, 0.05) is 39.2 Å². The standard InChI is InChI=1S/C16H27N5O/c1-3-8-18-14-11-15(20-12-19-14)21-9-6-13(7-10-21)4-5-16(22)17-2/h11-13H,3-10H2,1-2H3,(H,17,22)(H,18,19,20). The molecule has 0 radical (unpaired) electrons. The molecule has 0 spiro atoms. The second-order valence-corrected chi connectivity index (χ2v) is 5.83. The Morgan fingerprint density at radius 2 is 2.14 bits per heavy atom.